The van der Waals surface area contributed by atoms with Gasteiger partial charge in [-0.3, -0.25) is 4.98 Å². The molecule has 0 aliphatic carbocycles. The topological polar surface area (TPSA) is 95.0 Å². The molecule has 8 nitrogen and oxygen atoms in total. The Morgan fingerprint density at radius 3 is 2.54 bits per heavy atom. The van der Waals surface area contributed by atoms with Crippen LogP contribution in [-0.4, -0.2) is 68.2 Å². The number of aryl methyl sites for hydroxylation is 1. The number of piperidine rings is 1. The number of amides is 1. The number of nitrogens with zero attached hydrogens (tertiary/aromatic N) is 2. The van der Waals surface area contributed by atoms with Gasteiger partial charge in [-0.25, -0.2) is 13.2 Å². The van der Waals surface area contributed by atoms with Crippen LogP contribution in [0.2, 0.25) is 0 Å². The second-order valence-corrected chi connectivity index (χ2v) is 13.2. The number of hydrogen-bond donors (Lipinski definition) is 0. The van der Waals surface area contributed by atoms with Crippen molar-refractivity contribution in [2.24, 2.45) is 0 Å². The monoisotopic (exact) mass is 530 g/mol. The molecule has 1 spiro atoms. The number of likely N-dealkylation sites (tertiary alicyclic amines) is 1. The zero-order valence-electron chi connectivity index (χ0n) is 22.3. The van der Waals surface area contributed by atoms with Crippen molar-refractivity contribution < 1.29 is 27.4 Å². The maximum atomic E-state index is 12.4. The van der Waals surface area contributed by atoms with Gasteiger partial charge >= 0.3 is 6.09 Å². The van der Waals surface area contributed by atoms with Gasteiger partial charge in [0.25, 0.3) is 0 Å². The summed E-state index contributed by atoms with van der Waals surface area (Å²) in [5.41, 5.74) is 2.86. The Bertz CT molecular complexity index is 1200. The Balaban J connectivity index is 1.37. The summed E-state index contributed by atoms with van der Waals surface area (Å²) in [6, 6.07) is 9.82. The molecule has 37 heavy (non-hydrogen) atoms. The fourth-order valence-electron chi connectivity index (χ4n) is 4.89. The first-order valence-electron chi connectivity index (χ1n) is 12.9. The maximum Gasteiger partial charge on any atom is 0.410 e. The van der Waals surface area contributed by atoms with E-state index in [9.17, 15) is 13.2 Å². The van der Waals surface area contributed by atoms with Crippen LogP contribution in [0.3, 0.4) is 0 Å². The molecule has 202 valence electrons. The summed E-state index contributed by atoms with van der Waals surface area (Å²) in [6.07, 6.45) is 5.24. The number of sulfone groups is 1. The SMILES string of the molecule is COCCCS(=O)(=O)Cc1ccc(-c2ccc3c(c2)CCC2(CCN(C(=O)OC(C)(C)C)CC2)O3)nc1. The first-order valence-corrected chi connectivity index (χ1v) is 14.7. The van der Waals surface area contributed by atoms with Crippen LogP contribution in [0.4, 0.5) is 4.79 Å². The Hall–Kier alpha value is -2.65. The van der Waals surface area contributed by atoms with Crippen molar-refractivity contribution in [3.63, 3.8) is 0 Å². The number of ether oxygens (including phenoxy) is 3. The maximum absolute atomic E-state index is 12.4. The zero-order valence-corrected chi connectivity index (χ0v) is 23.1. The average molecular weight is 531 g/mol. The minimum Gasteiger partial charge on any atom is -0.487 e. The van der Waals surface area contributed by atoms with Gasteiger partial charge < -0.3 is 19.1 Å². The molecule has 3 heterocycles. The lowest BCUT2D eigenvalue weighted by Crippen LogP contribution is -2.52. The van der Waals surface area contributed by atoms with Crippen LogP contribution in [0.25, 0.3) is 11.3 Å². The van der Waals surface area contributed by atoms with Gasteiger partial charge in [0.1, 0.15) is 17.0 Å². The molecule has 1 amide bonds. The van der Waals surface area contributed by atoms with Gasteiger partial charge in [-0.05, 0) is 75.4 Å². The molecule has 1 aromatic heterocycles. The molecule has 0 bridgehead atoms. The lowest BCUT2D eigenvalue weighted by atomic mass is 9.83. The van der Waals surface area contributed by atoms with E-state index in [4.69, 9.17) is 14.2 Å². The molecule has 4 rings (SSSR count). The highest BCUT2D eigenvalue weighted by Crippen LogP contribution is 2.40. The highest BCUT2D eigenvalue weighted by molar-refractivity contribution is 7.90. The van der Waals surface area contributed by atoms with E-state index < -0.39 is 15.4 Å². The molecular weight excluding hydrogens is 492 g/mol. The smallest absolute Gasteiger partial charge is 0.410 e. The van der Waals surface area contributed by atoms with Crippen molar-refractivity contribution in [3.05, 3.63) is 47.7 Å². The lowest BCUT2D eigenvalue weighted by Gasteiger charge is -2.44. The molecule has 0 saturated carbocycles. The summed E-state index contributed by atoms with van der Waals surface area (Å²) in [7, 11) is -1.62. The van der Waals surface area contributed by atoms with Gasteiger partial charge in [0.2, 0.25) is 0 Å². The third-order valence-corrected chi connectivity index (χ3v) is 8.56. The van der Waals surface area contributed by atoms with E-state index in [0.717, 1.165) is 48.3 Å². The summed E-state index contributed by atoms with van der Waals surface area (Å²) in [6.45, 7) is 7.33. The molecule has 0 radical (unpaired) electrons. The van der Waals surface area contributed by atoms with Gasteiger partial charge in [-0.1, -0.05) is 6.07 Å². The summed E-state index contributed by atoms with van der Waals surface area (Å²) in [4.78, 5) is 18.7. The highest BCUT2D eigenvalue weighted by Gasteiger charge is 2.41. The van der Waals surface area contributed by atoms with Crippen LogP contribution in [0.1, 0.15) is 57.6 Å². The Morgan fingerprint density at radius 1 is 1.14 bits per heavy atom. The van der Waals surface area contributed by atoms with E-state index >= 15 is 0 Å². The van der Waals surface area contributed by atoms with E-state index in [0.29, 0.717) is 31.7 Å². The normalized spacial score (nSPS) is 17.2. The minimum absolute atomic E-state index is 0.0184. The van der Waals surface area contributed by atoms with Crippen molar-refractivity contribution in [2.45, 2.75) is 69.8 Å². The number of pyridine rings is 1. The van der Waals surface area contributed by atoms with E-state index in [1.54, 1.807) is 18.2 Å². The molecule has 1 saturated heterocycles. The second-order valence-electron chi connectivity index (χ2n) is 11.1. The number of carbonyl (C=O) groups is 1. The van der Waals surface area contributed by atoms with E-state index in [1.807, 2.05) is 45.0 Å². The first-order chi connectivity index (χ1) is 17.5. The van der Waals surface area contributed by atoms with Crippen molar-refractivity contribution >= 4 is 15.9 Å². The van der Waals surface area contributed by atoms with Crippen molar-refractivity contribution in [3.8, 4) is 17.0 Å². The number of methoxy groups -OCH3 is 1. The number of hydrogen-bond acceptors (Lipinski definition) is 7. The quantitative estimate of drug-likeness (QED) is 0.475. The van der Waals surface area contributed by atoms with E-state index in [2.05, 4.69) is 11.1 Å². The molecule has 2 aromatic rings. The molecule has 2 aliphatic heterocycles. The second kappa shape index (κ2) is 11.0. The zero-order chi connectivity index (χ0) is 26.7. The number of carbonyl (C=O) groups excluding carboxylic acids is 1. The molecule has 1 aromatic carbocycles. The fourth-order valence-corrected chi connectivity index (χ4v) is 6.27. The van der Waals surface area contributed by atoms with Crippen molar-refractivity contribution in [1.82, 2.24) is 9.88 Å². The predicted molar refractivity (Wildman–Crippen MR) is 142 cm³/mol. The largest absolute Gasteiger partial charge is 0.487 e. The number of benzene rings is 1. The van der Waals surface area contributed by atoms with Crippen LogP contribution >= 0.6 is 0 Å². The summed E-state index contributed by atoms with van der Waals surface area (Å²) in [5.74, 6) is 0.975. The molecular formula is C28H38N2O6S. The third kappa shape index (κ3) is 7.23. The Labute approximate surface area is 220 Å². The van der Waals surface area contributed by atoms with Gasteiger partial charge in [0.15, 0.2) is 9.84 Å². The van der Waals surface area contributed by atoms with Crippen molar-refractivity contribution in [2.75, 3.05) is 32.6 Å². The van der Waals surface area contributed by atoms with Crippen LogP contribution in [0, 0.1) is 0 Å². The predicted octanol–water partition coefficient (Wildman–Crippen LogP) is 4.79. The van der Waals surface area contributed by atoms with Gasteiger partial charge in [-0.15, -0.1) is 0 Å². The van der Waals surface area contributed by atoms with Gasteiger partial charge in [-0.2, -0.15) is 0 Å². The van der Waals surface area contributed by atoms with Crippen LogP contribution < -0.4 is 4.74 Å². The van der Waals surface area contributed by atoms with Crippen LogP contribution in [0.15, 0.2) is 36.5 Å². The number of aromatic nitrogens is 1. The summed E-state index contributed by atoms with van der Waals surface area (Å²) < 4.78 is 41.6. The van der Waals surface area contributed by atoms with E-state index in [-0.39, 0.29) is 23.2 Å². The number of rotatable bonds is 7. The average Bonchev–Trinajstić information content (AvgIpc) is 2.83. The summed E-state index contributed by atoms with van der Waals surface area (Å²) in [5, 5.41) is 0. The molecule has 1 fully saturated rings. The highest BCUT2D eigenvalue weighted by atomic mass is 32.2. The Morgan fingerprint density at radius 2 is 1.89 bits per heavy atom. The van der Waals surface area contributed by atoms with Crippen LogP contribution in [0.5, 0.6) is 5.75 Å². The molecule has 0 unspecified atom stereocenters. The number of fused-ring (bicyclic) bond motifs is 1. The van der Waals surface area contributed by atoms with E-state index in [1.165, 1.54) is 0 Å². The Kier molecular flexibility index (Phi) is 8.14. The minimum atomic E-state index is -3.19. The molecule has 0 N–H and O–H groups in total. The van der Waals surface area contributed by atoms with Crippen LogP contribution in [-0.2, 0) is 31.5 Å². The van der Waals surface area contributed by atoms with Crippen molar-refractivity contribution in [1.29, 1.82) is 0 Å². The first kappa shape index (κ1) is 27.4. The molecule has 9 heteroatoms. The molecule has 2 aliphatic rings. The molecule has 0 atom stereocenters. The standard InChI is InChI=1S/C28H38N2O6S/c1-27(2,3)36-26(31)30-14-12-28(13-15-30)11-10-23-18-22(7-9-25(23)35-28)24-8-6-21(19-29-24)20-37(32,33)17-5-16-34-4/h6-9,18-19H,5,10-17,20H2,1-4H3. The summed E-state index contributed by atoms with van der Waals surface area (Å²) >= 11 is 0. The third-order valence-electron chi connectivity index (χ3n) is 6.87. The van der Waals surface area contributed by atoms with Gasteiger partial charge in [0.05, 0.1) is 17.2 Å². The lowest BCUT2D eigenvalue weighted by molar-refractivity contribution is -0.0272. The fraction of sp³-hybridized carbons (Fsp3) is 0.571. The van der Waals surface area contributed by atoms with Gasteiger partial charge in [0, 0.05) is 51.4 Å².